The van der Waals surface area contributed by atoms with E-state index >= 15 is 0 Å². The summed E-state index contributed by atoms with van der Waals surface area (Å²) in [6, 6.07) is 36.2. The second-order valence-electron chi connectivity index (χ2n) is 9.36. The van der Waals surface area contributed by atoms with Gasteiger partial charge in [0, 0.05) is 0 Å². The monoisotopic (exact) mass is 447 g/mol. The number of aliphatic imine (C=N–C) groups is 1. The van der Waals surface area contributed by atoms with Gasteiger partial charge < -0.3 is 5.11 Å². The van der Waals surface area contributed by atoms with Crippen molar-refractivity contribution >= 4 is 11.4 Å². The number of para-hydroxylation sites is 1. The van der Waals surface area contributed by atoms with Crippen LogP contribution >= 0.6 is 0 Å². The van der Waals surface area contributed by atoms with E-state index in [1.807, 2.05) is 91.0 Å². The summed E-state index contributed by atoms with van der Waals surface area (Å²) >= 11 is 0. The summed E-state index contributed by atoms with van der Waals surface area (Å²) in [6.45, 7) is 8.78. The summed E-state index contributed by atoms with van der Waals surface area (Å²) in [6.07, 6.45) is 0. The predicted molar refractivity (Wildman–Crippen MR) is 143 cm³/mol. The van der Waals surface area contributed by atoms with Crippen molar-refractivity contribution in [3.05, 3.63) is 137 Å². The highest BCUT2D eigenvalue weighted by Gasteiger charge is 2.38. The van der Waals surface area contributed by atoms with Gasteiger partial charge in [-0.3, -0.25) is 0 Å². The Morgan fingerprint density at radius 2 is 1.00 bits per heavy atom. The lowest BCUT2D eigenvalue weighted by atomic mass is 9.79. The average molecular weight is 448 g/mol. The van der Waals surface area contributed by atoms with E-state index in [1.54, 1.807) is 0 Å². The minimum atomic E-state index is -1.43. The minimum Gasteiger partial charge on any atom is -0.374 e. The van der Waals surface area contributed by atoms with Gasteiger partial charge in [0.15, 0.2) is 5.60 Å². The Morgan fingerprint density at radius 1 is 0.588 bits per heavy atom. The standard InChI is InChI=1S/C32H33NO/c1-23(2)28-21-14-22-29(24(3)4)30(28)33-31(25-15-8-5-9-16-25)32(34,26-17-10-6-11-18-26)27-19-12-7-13-20-27/h5-24,34H,1-4H3. The molecule has 0 radical (unpaired) electrons. The van der Waals surface area contributed by atoms with Crippen LogP contribution in [0.15, 0.2) is 114 Å². The van der Waals surface area contributed by atoms with E-state index in [9.17, 15) is 5.11 Å². The summed E-state index contributed by atoms with van der Waals surface area (Å²) in [7, 11) is 0. The molecular formula is C32H33NO. The van der Waals surface area contributed by atoms with Crippen molar-refractivity contribution in [2.45, 2.75) is 45.1 Å². The molecule has 0 saturated heterocycles. The first-order valence-electron chi connectivity index (χ1n) is 12.0. The van der Waals surface area contributed by atoms with Crippen LogP contribution in [0.3, 0.4) is 0 Å². The first-order chi connectivity index (χ1) is 16.4. The van der Waals surface area contributed by atoms with Crippen LogP contribution in [0.1, 0.15) is 67.3 Å². The number of benzene rings is 4. The molecule has 4 aromatic rings. The van der Waals surface area contributed by atoms with Gasteiger partial charge in [-0.05, 0) is 39.7 Å². The van der Waals surface area contributed by atoms with E-state index in [4.69, 9.17) is 4.99 Å². The Balaban J connectivity index is 2.11. The lowest BCUT2D eigenvalue weighted by molar-refractivity contribution is 0.156. The molecule has 4 aromatic carbocycles. The second-order valence-corrected chi connectivity index (χ2v) is 9.36. The van der Waals surface area contributed by atoms with Gasteiger partial charge in [0.2, 0.25) is 0 Å². The average Bonchev–Trinajstić information content (AvgIpc) is 2.88. The fourth-order valence-electron chi connectivity index (χ4n) is 4.50. The molecule has 0 aromatic heterocycles. The molecule has 2 heteroatoms. The third kappa shape index (κ3) is 4.60. The zero-order valence-corrected chi connectivity index (χ0v) is 20.4. The molecule has 0 heterocycles. The van der Waals surface area contributed by atoms with Gasteiger partial charge in [0.05, 0.1) is 11.4 Å². The molecule has 4 rings (SSSR count). The van der Waals surface area contributed by atoms with Gasteiger partial charge in [0.25, 0.3) is 0 Å². The summed E-state index contributed by atoms with van der Waals surface area (Å²) in [5.74, 6) is 0.604. The van der Waals surface area contributed by atoms with Crippen LogP contribution in [0, 0.1) is 0 Å². The molecule has 0 aliphatic rings. The summed E-state index contributed by atoms with van der Waals surface area (Å²) in [4.78, 5) is 5.36. The Morgan fingerprint density at radius 3 is 1.41 bits per heavy atom. The molecule has 1 N–H and O–H groups in total. The van der Waals surface area contributed by atoms with Crippen LogP contribution in [0.25, 0.3) is 0 Å². The van der Waals surface area contributed by atoms with Crippen LogP contribution in [-0.2, 0) is 5.60 Å². The fourth-order valence-corrected chi connectivity index (χ4v) is 4.50. The van der Waals surface area contributed by atoms with Crippen LogP contribution in [0.2, 0.25) is 0 Å². The topological polar surface area (TPSA) is 32.6 Å². The van der Waals surface area contributed by atoms with Crippen molar-refractivity contribution in [1.82, 2.24) is 0 Å². The molecule has 0 saturated carbocycles. The molecule has 0 aliphatic carbocycles. The first kappa shape index (κ1) is 23.7. The molecule has 0 bridgehead atoms. The van der Waals surface area contributed by atoms with E-state index < -0.39 is 5.60 Å². The van der Waals surface area contributed by atoms with E-state index in [2.05, 4.69) is 45.9 Å². The normalized spacial score (nSPS) is 12.4. The zero-order chi connectivity index (χ0) is 24.1. The number of hydrogen-bond donors (Lipinski definition) is 1. The van der Waals surface area contributed by atoms with Crippen LogP contribution in [0.5, 0.6) is 0 Å². The number of rotatable bonds is 7. The molecule has 0 atom stereocenters. The summed E-state index contributed by atoms with van der Waals surface area (Å²) in [5.41, 5.74) is 4.99. The quantitative estimate of drug-likeness (QED) is 0.286. The molecule has 0 fully saturated rings. The lowest BCUT2D eigenvalue weighted by Crippen LogP contribution is -2.37. The van der Waals surface area contributed by atoms with Crippen LogP contribution in [0.4, 0.5) is 5.69 Å². The Kier molecular flexibility index (Phi) is 7.09. The number of hydrogen-bond acceptors (Lipinski definition) is 2. The number of aliphatic hydroxyl groups is 1. The Labute approximate surface area is 203 Å². The number of nitrogens with zero attached hydrogens (tertiary/aromatic N) is 1. The molecule has 2 nitrogen and oxygen atoms in total. The highest BCUT2D eigenvalue weighted by molar-refractivity contribution is 6.10. The molecule has 0 amide bonds. The van der Waals surface area contributed by atoms with Gasteiger partial charge in [-0.2, -0.15) is 0 Å². The predicted octanol–water partition coefficient (Wildman–Crippen LogP) is 7.99. The van der Waals surface area contributed by atoms with Gasteiger partial charge in [-0.15, -0.1) is 0 Å². The maximum Gasteiger partial charge on any atom is 0.157 e. The molecule has 0 aliphatic heterocycles. The van der Waals surface area contributed by atoms with Crippen molar-refractivity contribution in [2.75, 3.05) is 0 Å². The second kappa shape index (κ2) is 10.2. The largest absolute Gasteiger partial charge is 0.374 e. The Bertz CT molecular complexity index is 1180. The lowest BCUT2D eigenvalue weighted by Gasteiger charge is -2.32. The van der Waals surface area contributed by atoms with Gasteiger partial charge in [0.1, 0.15) is 0 Å². The Hall–Kier alpha value is -3.49. The summed E-state index contributed by atoms with van der Waals surface area (Å²) in [5, 5.41) is 12.7. The molecule has 0 unspecified atom stereocenters. The summed E-state index contributed by atoms with van der Waals surface area (Å²) < 4.78 is 0. The molecule has 172 valence electrons. The van der Waals surface area contributed by atoms with E-state index in [0.717, 1.165) is 22.4 Å². The maximum absolute atomic E-state index is 12.7. The highest BCUT2D eigenvalue weighted by atomic mass is 16.3. The molecule has 34 heavy (non-hydrogen) atoms. The van der Waals surface area contributed by atoms with Crippen molar-refractivity contribution in [3.63, 3.8) is 0 Å². The van der Waals surface area contributed by atoms with E-state index in [-0.39, 0.29) is 0 Å². The van der Waals surface area contributed by atoms with E-state index in [1.165, 1.54) is 11.1 Å². The van der Waals surface area contributed by atoms with Crippen LogP contribution in [-0.4, -0.2) is 10.8 Å². The third-order valence-corrected chi connectivity index (χ3v) is 6.34. The maximum atomic E-state index is 12.7. The fraction of sp³-hybridized carbons (Fsp3) is 0.219. The van der Waals surface area contributed by atoms with Crippen molar-refractivity contribution in [2.24, 2.45) is 4.99 Å². The smallest absolute Gasteiger partial charge is 0.157 e. The first-order valence-corrected chi connectivity index (χ1v) is 12.0. The third-order valence-electron chi connectivity index (χ3n) is 6.34. The van der Waals surface area contributed by atoms with Crippen molar-refractivity contribution in [1.29, 1.82) is 0 Å². The minimum absolute atomic E-state index is 0.302. The SMILES string of the molecule is CC(C)c1cccc(C(C)C)c1N=C(c1ccccc1)C(O)(c1ccccc1)c1ccccc1. The molecule has 0 spiro atoms. The highest BCUT2D eigenvalue weighted by Crippen LogP contribution is 2.39. The van der Waals surface area contributed by atoms with Crippen molar-refractivity contribution < 1.29 is 5.11 Å². The van der Waals surface area contributed by atoms with Crippen LogP contribution < -0.4 is 0 Å². The van der Waals surface area contributed by atoms with Gasteiger partial charge >= 0.3 is 0 Å². The zero-order valence-electron chi connectivity index (χ0n) is 20.4. The molecular weight excluding hydrogens is 414 g/mol. The van der Waals surface area contributed by atoms with Gasteiger partial charge in [-0.1, -0.05) is 137 Å². The van der Waals surface area contributed by atoms with E-state index in [0.29, 0.717) is 17.5 Å². The van der Waals surface area contributed by atoms with Gasteiger partial charge in [-0.25, -0.2) is 4.99 Å². The van der Waals surface area contributed by atoms with Crippen molar-refractivity contribution in [3.8, 4) is 0 Å².